The first-order valence-electron chi connectivity index (χ1n) is 7.27. The molecule has 0 bridgehead atoms. The molecule has 0 radical (unpaired) electrons. The molecular formula is C15H22Cl2N6O2. The topological polar surface area (TPSA) is 115 Å². The van der Waals surface area contributed by atoms with Crippen LogP contribution in [-0.4, -0.2) is 39.2 Å². The van der Waals surface area contributed by atoms with Crippen molar-refractivity contribution < 1.29 is 9.59 Å². The van der Waals surface area contributed by atoms with E-state index in [1.807, 2.05) is 13.8 Å². The lowest BCUT2D eigenvalue weighted by Gasteiger charge is -2.15. The Balaban J connectivity index is 0.00000288. The second kappa shape index (κ2) is 10.7. The Labute approximate surface area is 158 Å². The van der Waals surface area contributed by atoms with Gasteiger partial charge in [-0.05, 0) is 24.1 Å². The van der Waals surface area contributed by atoms with E-state index in [4.69, 9.17) is 5.73 Å². The minimum atomic E-state index is -0.638. The van der Waals surface area contributed by atoms with Gasteiger partial charge in [0.05, 0.1) is 18.3 Å². The summed E-state index contributed by atoms with van der Waals surface area (Å²) in [5, 5.41) is 9.31. The number of nitrogens with zero attached hydrogens (tertiary/aromatic N) is 3. The zero-order valence-corrected chi connectivity index (χ0v) is 15.5. The van der Waals surface area contributed by atoms with Crippen LogP contribution in [0.1, 0.15) is 13.8 Å². The van der Waals surface area contributed by atoms with Crippen LogP contribution < -0.4 is 16.4 Å². The molecular weight excluding hydrogens is 367 g/mol. The van der Waals surface area contributed by atoms with Gasteiger partial charge < -0.3 is 16.4 Å². The predicted octanol–water partition coefficient (Wildman–Crippen LogP) is 1.15. The molecule has 138 valence electrons. The van der Waals surface area contributed by atoms with E-state index in [1.165, 1.54) is 0 Å². The van der Waals surface area contributed by atoms with Gasteiger partial charge in [-0.1, -0.05) is 13.8 Å². The number of halogens is 2. The molecule has 0 fully saturated rings. The van der Waals surface area contributed by atoms with Gasteiger partial charge in [0.1, 0.15) is 0 Å². The van der Waals surface area contributed by atoms with Crippen LogP contribution in [0.5, 0.6) is 0 Å². The molecule has 2 amide bonds. The first-order valence-corrected chi connectivity index (χ1v) is 7.27. The number of aromatic nitrogens is 3. The minimum Gasteiger partial charge on any atom is -0.346 e. The Morgan fingerprint density at radius 2 is 1.96 bits per heavy atom. The first-order chi connectivity index (χ1) is 11.0. The highest BCUT2D eigenvalue weighted by atomic mass is 35.5. The maximum atomic E-state index is 12.0. The summed E-state index contributed by atoms with van der Waals surface area (Å²) >= 11 is 0. The van der Waals surface area contributed by atoms with E-state index in [-0.39, 0.29) is 49.1 Å². The van der Waals surface area contributed by atoms with Crippen LogP contribution in [-0.2, 0) is 9.59 Å². The fourth-order valence-electron chi connectivity index (χ4n) is 1.85. The van der Waals surface area contributed by atoms with Crippen LogP contribution in [0, 0.1) is 5.92 Å². The maximum Gasteiger partial charge on any atom is 0.243 e. The molecule has 0 aliphatic rings. The quantitative estimate of drug-likeness (QED) is 0.686. The van der Waals surface area contributed by atoms with Crippen molar-refractivity contribution >= 4 is 42.3 Å². The molecule has 0 saturated carbocycles. The summed E-state index contributed by atoms with van der Waals surface area (Å²) in [6, 6.07) is 4.54. The van der Waals surface area contributed by atoms with Gasteiger partial charge in [-0.15, -0.1) is 24.8 Å². The molecule has 2 aromatic rings. The summed E-state index contributed by atoms with van der Waals surface area (Å²) < 4.78 is 1.54. The summed E-state index contributed by atoms with van der Waals surface area (Å²) in [7, 11) is 0. The maximum absolute atomic E-state index is 12.0. The van der Waals surface area contributed by atoms with Gasteiger partial charge >= 0.3 is 0 Å². The van der Waals surface area contributed by atoms with E-state index in [0.717, 1.165) is 0 Å². The Morgan fingerprint density at radius 1 is 1.24 bits per heavy atom. The van der Waals surface area contributed by atoms with E-state index in [1.54, 1.807) is 41.5 Å². The SMILES string of the molecule is CC(C)[C@H](N)C(=O)NCC(=O)Nc1cccnc1-n1cccn1.Cl.Cl. The molecule has 25 heavy (non-hydrogen) atoms. The fourth-order valence-corrected chi connectivity index (χ4v) is 1.85. The van der Waals surface area contributed by atoms with Crippen molar-refractivity contribution in [2.75, 3.05) is 11.9 Å². The van der Waals surface area contributed by atoms with Crippen LogP contribution in [0.15, 0.2) is 36.8 Å². The van der Waals surface area contributed by atoms with Crippen molar-refractivity contribution in [3.8, 4) is 5.82 Å². The molecule has 1 atom stereocenters. The third-order valence-corrected chi connectivity index (χ3v) is 3.23. The highest BCUT2D eigenvalue weighted by molar-refractivity contribution is 5.96. The number of hydrogen-bond donors (Lipinski definition) is 3. The van der Waals surface area contributed by atoms with Crippen LogP contribution in [0.25, 0.3) is 5.82 Å². The molecule has 10 heteroatoms. The molecule has 2 rings (SSSR count). The average Bonchev–Trinajstić information content (AvgIpc) is 3.06. The van der Waals surface area contributed by atoms with Crippen molar-refractivity contribution in [1.82, 2.24) is 20.1 Å². The smallest absolute Gasteiger partial charge is 0.243 e. The molecule has 4 N–H and O–H groups in total. The van der Waals surface area contributed by atoms with E-state index >= 15 is 0 Å². The number of hydrogen-bond acceptors (Lipinski definition) is 5. The third kappa shape index (κ3) is 6.33. The number of anilines is 1. The van der Waals surface area contributed by atoms with Gasteiger partial charge in [-0.3, -0.25) is 9.59 Å². The molecule has 0 saturated heterocycles. The number of nitrogens with two attached hydrogens (primary N) is 1. The highest BCUT2D eigenvalue weighted by Crippen LogP contribution is 2.15. The van der Waals surface area contributed by atoms with Gasteiger partial charge in [-0.25, -0.2) is 9.67 Å². The van der Waals surface area contributed by atoms with Crippen molar-refractivity contribution in [1.29, 1.82) is 0 Å². The number of amides is 2. The van der Waals surface area contributed by atoms with Crippen molar-refractivity contribution in [2.45, 2.75) is 19.9 Å². The molecule has 8 nitrogen and oxygen atoms in total. The Hall–Kier alpha value is -2.16. The van der Waals surface area contributed by atoms with E-state index in [2.05, 4.69) is 20.7 Å². The normalized spacial score (nSPS) is 11.0. The third-order valence-electron chi connectivity index (χ3n) is 3.23. The summed E-state index contributed by atoms with van der Waals surface area (Å²) in [5.74, 6) is -0.219. The predicted molar refractivity (Wildman–Crippen MR) is 100 cm³/mol. The Morgan fingerprint density at radius 3 is 2.56 bits per heavy atom. The highest BCUT2D eigenvalue weighted by Gasteiger charge is 2.18. The number of carbonyl (C=O) groups excluding carboxylic acids is 2. The summed E-state index contributed by atoms with van der Waals surface area (Å²) in [4.78, 5) is 28.0. The standard InChI is InChI=1S/C15H20N6O2.2ClH/c1-10(2)13(16)15(23)18-9-12(22)20-11-5-3-6-17-14(11)21-8-4-7-19-21;;/h3-8,10,13H,9,16H2,1-2H3,(H,18,23)(H,20,22);2*1H/t13-;;/m0../s1. The van der Waals surface area contributed by atoms with E-state index in [9.17, 15) is 9.59 Å². The average molecular weight is 389 g/mol. The molecule has 0 spiro atoms. The van der Waals surface area contributed by atoms with Gasteiger partial charge in [0.15, 0.2) is 5.82 Å². The lowest BCUT2D eigenvalue weighted by molar-refractivity contribution is -0.125. The van der Waals surface area contributed by atoms with Crippen LogP contribution in [0.4, 0.5) is 5.69 Å². The molecule has 2 heterocycles. The number of rotatable bonds is 6. The number of nitrogens with one attached hydrogen (secondary N) is 2. The molecule has 2 aromatic heterocycles. The largest absolute Gasteiger partial charge is 0.346 e. The molecule has 0 unspecified atom stereocenters. The zero-order chi connectivity index (χ0) is 16.8. The minimum absolute atomic E-state index is 0. The van der Waals surface area contributed by atoms with Crippen LogP contribution in [0.2, 0.25) is 0 Å². The van der Waals surface area contributed by atoms with E-state index < -0.39 is 6.04 Å². The van der Waals surface area contributed by atoms with Crippen molar-refractivity contribution in [3.63, 3.8) is 0 Å². The zero-order valence-electron chi connectivity index (χ0n) is 13.9. The second-order valence-electron chi connectivity index (χ2n) is 5.36. The summed E-state index contributed by atoms with van der Waals surface area (Å²) in [5.41, 5.74) is 6.23. The monoisotopic (exact) mass is 388 g/mol. The van der Waals surface area contributed by atoms with Gasteiger partial charge in [0, 0.05) is 18.6 Å². The van der Waals surface area contributed by atoms with E-state index in [0.29, 0.717) is 11.5 Å². The molecule has 0 aliphatic heterocycles. The molecule has 0 aliphatic carbocycles. The van der Waals surface area contributed by atoms with Gasteiger partial charge in [0.2, 0.25) is 11.8 Å². The molecule has 0 aromatic carbocycles. The lowest BCUT2D eigenvalue weighted by atomic mass is 10.1. The van der Waals surface area contributed by atoms with Gasteiger partial charge in [-0.2, -0.15) is 5.10 Å². The Bertz CT molecular complexity index is 678. The number of carbonyl (C=O) groups is 2. The fraction of sp³-hybridized carbons (Fsp3) is 0.333. The van der Waals surface area contributed by atoms with Crippen LogP contribution in [0.3, 0.4) is 0 Å². The van der Waals surface area contributed by atoms with Crippen LogP contribution >= 0.6 is 24.8 Å². The summed E-state index contributed by atoms with van der Waals surface area (Å²) in [6.07, 6.45) is 4.95. The summed E-state index contributed by atoms with van der Waals surface area (Å²) in [6.45, 7) is 3.53. The Kier molecular flexibility index (Phi) is 9.73. The lowest BCUT2D eigenvalue weighted by Crippen LogP contribution is -2.46. The van der Waals surface area contributed by atoms with Crippen molar-refractivity contribution in [2.24, 2.45) is 11.7 Å². The number of pyridine rings is 1. The van der Waals surface area contributed by atoms with Crippen molar-refractivity contribution in [3.05, 3.63) is 36.8 Å². The first kappa shape index (κ1) is 22.8. The van der Waals surface area contributed by atoms with Gasteiger partial charge in [0.25, 0.3) is 0 Å². The second-order valence-corrected chi connectivity index (χ2v) is 5.36.